The van der Waals surface area contributed by atoms with Gasteiger partial charge >= 0.3 is 17.1 Å². The molecule has 0 aromatic carbocycles. The number of allylic oxidation sites excluding steroid dienone is 1. The summed E-state index contributed by atoms with van der Waals surface area (Å²) in [6.45, 7) is 6.70. The van der Waals surface area contributed by atoms with E-state index in [4.69, 9.17) is 4.74 Å². The van der Waals surface area contributed by atoms with Crippen LogP contribution in [0.25, 0.3) is 0 Å². The van der Waals surface area contributed by atoms with Crippen LogP contribution in [0.2, 0.25) is 0 Å². The van der Waals surface area contributed by atoms with Gasteiger partial charge in [-0.3, -0.25) is 0 Å². The van der Waals surface area contributed by atoms with Gasteiger partial charge in [-0.1, -0.05) is 39.0 Å². The van der Waals surface area contributed by atoms with Crippen LogP contribution in [0, 0.1) is 5.92 Å². The van der Waals surface area contributed by atoms with Crippen LogP contribution in [0.1, 0.15) is 59.3 Å². The Hall–Kier alpha value is -0.371. The molecule has 1 N–H and O–H groups in total. The second kappa shape index (κ2) is 9.52. The van der Waals surface area contributed by atoms with Crippen LogP contribution in [-0.2, 0) is 21.8 Å². The van der Waals surface area contributed by atoms with E-state index < -0.39 is 5.60 Å². The van der Waals surface area contributed by atoms with Crippen molar-refractivity contribution in [3.63, 3.8) is 0 Å². The number of ether oxygens (including phenoxy) is 1. The Kier molecular flexibility index (Phi) is 9.33. The maximum absolute atomic E-state index is 10.1. The summed E-state index contributed by atoms with van der Waals surface area (Å²) in [5.74, 6) is 1.74. The first-order valence-corrected chi connectivity index (χ1v) is 7.16. The molecule has 1 unspecified atom stereocenters. The molecule has 114 valence electrons. The van der Waals surface area contributed by atoms with Gasteiger partial charge in [0.2, 0.25) is 0 Å². The molecule has 1 atom stereocenters. The first kappa shape index (κ1) is 18.6. The average Bonchev–Trinajstić information content (AvgIpc) is 2.32. The fraction of sp³-hybridized carbons (Fsp3) is 0.688. The van der Waals surface area contributed by atoms with Crippen molar-refractivity contribution in [2.24, 2.45) is 0 Å². The molecule has 0 aromatic heterocycles. The predicted molar refractivity (Wildman–Crippen MR) is 76.1 cm³/mol. The molecule has 0 bridgehead atoms. The molecule has 1 rings (SSSR count). The van der Waals surface area contributed by atoms with Gasteiger partial charge in [-0.05, 0) is 19.4 Å². The van der Waals surface area contributed by atoms with Crippen LogP contribution >= 0.6 is 0 Å². The van der Waals surface area contributed by atoms with E-state index in [1.165, 1.54) is 32.1 Å². The molecule has 3 heteroatoms. The van der Waals surface area contributed by atoms with Crippen molar-refractivity contribution < 1.29 is 26.9 Å². The van der Waals surface area contributed by atoms with E-state index in [-0.39, 0.29) is 17.1 Å². The number of hydrogen-bond donors (Lipinski definition) is 1. The molecule has 0 heterocycles. The third-order valence-corrected chi connectivity index (χ3v) is 3.49. The van der Waals surface area contributed by atoms with E-state index >= 15 is 0 Å². The number of aliphatic hydroxyl groups is 1. The SMILES string of the molecule is CCCCCCCCOC1=CC(C)(O)[C-](C)C=C1.[Cu+]. The normalized spacial score (nSPS) is 21.9. The molecule has 1 aliphatic rings. The van der Waals surface area contributed by atoms with Crippen molar-refractivity contribution in [3.05, 3.63) is 29.9 Å². The molecular weight excluding hydrogens is 288 g/mol. The fourth-order valence-corrected chi connectivity index (χ4v) is 1.98. The quantitative estimate of drug-likeness (QED) is 0.414. The molecule has 19 heavy (non-hydrogen) atoms. The van der Waals surface area contributed by atoms with Gasteiger partial charge in [0.25, 0.3) is 0 Å². The summed E-state index contributed by atoms with van der Waals surface area (Å²) < 4.78 is 5.67. The predicted octanol–water partition coefficient (Wildman–Crippen LogP) is 4.16. The van der Waals surface area contributed by atoms with E-state index in [0.717, 1.165) is 24.7 Å². The molecule has 0 amide bonds. The average molecular weight is 315 g/mol. The monoisotopic (exact) mass is 314 g/mol. The van der Waals surface area contributed by atoms with Crippen LogP contribution < -0.4 is 0 Å². The van der Waals surface area contributed by atoms with E-state index in [1.807, 2.05) is 19.1 Å². The van der Waals surface area contributed by atoms with Crippen molar-refractivity contribution in [2.75, 3.05) is 6.61 Å². The summed E-state index contributed by atoms with van der Waals surface area (Å²) in [4.78, 5) is 0. The molecular formula is C16H27CuO2. The van der Waals surface area contributed by atoms with Crippen molar-refractivity contribution in [3.8, 4) is 0 Å². The summed E-state index contributed by atoms with van der Waals surface area (Å²) in [5, 5.41) is 10.1. The summed E-state index contributed by atoms with van der Waals surface area (Å²) in [6, 6.07) is 0. The Morgan fingerprint density at radius 3 is 2.47 bits per heavy atom. The summed E-state index contributed by atoms with van der Waals surface area (Å²) in [7, 11) is 0. The topological polar surface area (TPSA) is 29.5 Å². The molecule has 2 nitrogen and oxygen atoms in total. The van der Waals surface area contributed by atoms with Crippen LogP contribution in [-0.4, -0.2) is 17.3 Å². The zero-order valence-electron chi connectivity index (χ0n) is 12.3. The van der Waals surface area contributed by atoms with Crippen LogP contribution in [0.15, 0.2) is 24.0 Å². The first-order valence-electron chi connectivity index (χ1n) is 7.16. The smallest absolute Gasteiger partial charge is 0.513 e. The van der Waals surface area contributed by atoms with Gasteiger partial charge in [-0.15, -0.1) is 6.92 Å². The summed E-state index contributed by atoms with van der Waals surface area (Å²) in [5.41, 5.74) is -0.856. The zero-order chi connectivity index (χ0) is 13.4. The molecule has 0 aromatic rings. The third kappa shape index (κ3) is 7.10. The Balaban J connectivity index is 0.00000324. The molecule has 0 spiro atoms. The first-order chi connectivity index (χ1) is 8.56. The standard InChI is InChI=1S/C16H27O2.Cu/c1-4-5-6-7-8-9-12-18-15-11-10-14(2)16(3,17)13-15;/h10-11,13,17H,4-9,12H2,1-3H3;/q-1;+1. The van der Waals surface area contributed by atoms with Gasteiger partial charge in [-0.25, -0.2) is 6.08 Å². The molecule has 0 aliphatic heterocycles. The summed E-state index contributed by atoms with van der Waals surface area (Å²) >= 11 is 0. The minimum absolute atomic E-state index is 0. The number of hydrogen-bond acceptors (Lipinski definition) is 2. The maximum atomic E-state index is 10.1. The van der Waals surface area contributed by atoms with Crippen molar-refractivity contribution >= 4 is 0 Å². The van der Waals surface area contributed by atoms with Gasteiger partial charge in [0.05, 0.1) is 6.61 Å². The Morgan fingerprint density at radius 1 is 1.21 bits per heavy atom. The van der Waals surface area contributed by atoms with Gasteiger partial charge in [0.1, 0.15) is 0 Å². The van der Waals surface area contributed by atoms with Gasteiger partial charge < -0.3 is 9.84 Å². The van der Waals surface area contributed by atoms with Crippen molar-refractivity contribution in [1.29, 1.82) is 0 Å². The van der Waals surface area contributed by atoms with Crippen LogP contribution in [0.5, 0.6) is 0 Å². The number of rotatable bonds is 8. The molecule has 0 saturated heterocycles. The summed E-state index contributed by atoms with van der Waals surface area (Å²) in [6.07, 6.45) is 13.3. The van der Waals surface area contributed by atoms with Crippen LogP contribution in [0.3, 0.4) is 0 Å². The Morgan fingerprint density at radius 2 is 1.84 bits per heavy atom. The van der Waals surface area contributed by atoms with Gasteiger partial charge in [0.15, 0.2) is 0 Å². The molecule has 1 aliphatic carbocycles. The fourth-order valence-electron chi connectivity index (χ4n) is 1.98. The largest absolute Gasteiger partial charge is 1.00 e. The van der Waals surface area contributed by atoms with Crippen LogP contribution in [0.4, 0.5) is 0 Å². The number of unbranched alkanes of at least 4 members (excludes halogenated alkanes) is 5. The van der Waals surface area contributed by atoms with E-state index in [0.29, 0.717) is 0 Å². The Labute approximate surface area is 128 Å². The molecule has 0 saturated carbocycles. The molecule has 0 fully saturated rings. The van der Waals surface area contributed by atoms with Crippen molar-refractivity contribution in [1.82, 2.24) is 0 Å². The van der Waals surface area contributed by atoms with E-state index in [2.05, 4.69) is 6.92 Å². The Bertz CT molecular complexity index is 295. The zero-order valence-corrected chi connectivity index (χ0v) is 13.3. The van der Waals surface area contributed by atoms with E-state index in [1.54, 1.807) is 13.0 Å². The van der Waals surface area contributed by atoms with E-state index in [9.17, 15) is 5.11 Å². The van der Waals surface area contributed by atoms with Crippen molar-refractivity contribution in [2.45, 2.75) is 64.9 Å². The second-order valence-corrected chi connectivity index (χ2v) is 5.33. The minimum Gasteiger partial charge on any atom is -0.513 e. The maximum Gasteiger partial charge on any atom is 1.00 e. The van der Waals surface area contributed by atoms with Gasteiger partial charge in [0, 0.05) is 11.4 Å². The third-order valence-electron chi connectivity index (χ3n) is 3.49. The molecule has 0 radical (unpaired) electrons. The second-order valence-electron chi connectivity index (χ2n) is 5.33. The minimum atomic E-state index is -0.856. The van der Waals surface area contributed by atoms with Gasteiger partial charge in [-0.2, -0.15) is 12.0 Å².